The fourth-order valence-electron chi connectivity index (χ4n) is 2.13. The number of hydrogen-bond donors (Lipinski definition) is 2. The van der Waals surface area contributed by atoms with Crippen molar-refractivity contribution < 1.29 is 18.3 Å². The Labute approximate surface area is 109 Å². The maximum Gasteiger partial charge on any atom is 0.308 e. The van der Waals surface area contributed by atoms with E-state index in [-0.39, 0.29) is 18.0 Å². The summed E-state index contributed by atoms with van der Waals surface area (Å²) < 4.78 is 27.7. The predicted molar refractivity (Wildman–Crippen MR) is 68.3 cm³/mol. The number of aliphatic carboxylic acids is 1. The molecule has 106 valence electrons. The third-order valence-corrected chi connectivity index (χ3v) is 5.14. The van der Waals surface area contributed by atoms with Crippen LogP contribution in [0.5, 0.6) is 0 Å². The Kier molecular flexibility index (Phi) is 4.40. The van der Waals surface area contributed by atoms with E-state index in [0.717, 1.165) is 0 Å². The number of nitrogens with one attached hydrogen (secondary N) is 1. The molecule has 1 unspecified atom stereocenters. The first kappa shape index (κ1) is 15.4. The van der Waals surface area contributed by atoms with Crippen LogP contribution in [0.15, 0.2) is 0 Å². The van der Waals surface area contributed by atoms with E-state index in [4.69, 9.17) is 0 Å². The molecule has 0 aromatic carbocycles. The second-order valence-electron chi connectivity index (χ2n) is 5.77. The van der Waals surface area contributed by atoms with Crippen LogP contribution < -0.4 is 4.72 Å². The van der Waals surface area contributed by atoms with Crippen LogP contribution in [-0.2, 0) is 15.0 Å². The van der Waals surface area contributed by atoms with Crippen LogP contribution in [0.2, 0.25) is 0 Å². The standard InChI is InChI=1S/C11H22N2O4S/c1-8(2)12-18(16,17)13-6-5-11(3,4)9(7-13)10(14)15/h8-9,12H,5-7H2,1-4H3,(H,14,15). The summed E-state index contributed by atoms with van der Waals surface area (Å²) in [7, 11) is -3.58. The minimum atomic E-state index is -3.58. The van der Waals surface area contributed by atoms with Crippen molar-refractivity contribution in [3.63, 3.8) is 0 Å². The lowest BCUT2D eigenvalue weighted by atomic mass is 9.74. The summed E-state index contributed by atoms with van der Waals surface area (Å²) in [5.74, 6) is -1.61. The number of carboxylic acids is 1. The molecule has 1 fully saturated rings. The molecular weight excluding hydrogens is 256 g/mol. The van der Waals surface area contributed by atoms with Crippen LogP contribution in [0.3, 0.4) is 0 Å². The van der Waals surface area contributed by atoms with Crippen molar-refractivity contribution in [3.8, 4) is 0 Å². The minimum Gasteiger partial charge on any atom is -0.481 e. The molecule has 7 heteroatoms. The summed E-state index contributed by atoms with van der Waals surface area (Å²) >= 11 is 0. The smallest absolute Gasteiger partial charge is 0.308 e. The monoisotopic (exact) mass is 278 g/mol. The molecule has 1 heterocycles. The summed E-state index contributed by atoms with van der Waals surface area (Å²) in [5, 5.41) is 9.20. The van der Waals surface area contributed by atoms with E-state index in [1.54, 1.807) is 13.8 Å². The second-order valence-corrected chi connectivity index (χ2v) is 7.47. The van der Waals surface area contributed by atoms with Crippen LogP contribution in [0.1, 0.15) is 34.1 Å². The van der Waals surface area contributed by atoms with Gasteiger partial charge in [-0.05, 0) is 25.7 Å². The average molecular weight is 278 g/mol. The van der Waals surface area contributed by atoms with Crippen molar-refractivity contribution in [2.75, 3.05) is 13.1 Å². The molecular formula is C11H22N2O4S. The van der Waals surface area contributed by atoms with Crippen molar-refractivity contribution >= 4 is 16.2 Å². The molecule has 1 aliphatic heterocycles. The van der Waals surface area contributed by atoms with E-state index >= 15 is 0 Å². The van der Waals surface area contributed by atoms with Crippen LogP contribution in [-0.4, -0.2) is 42.9 Å². The maximum atomic E-state index is 12.0. The van der Waals surface area contributed by atoms with E-state index in [1.807, 2.05) is 13.8 Å². The molecule has 1 saturated heterocycles. The van der Waals surface area contributed by atoms with Gasteiger partial charge >= 0.3 is 5.97 Å². The Morgan fingerprint density at radius 1 is 1.44 bits per heavy atom. The molecule has 6 nitrogen and oxygen atoms in total. The highest BCUT2D eigenvalue weighted by Crippen LogP contribution is 2.36. The zero-order valence-corrected chi connectivity index (χ0v) is 12.1. The van der Waals surface area contributed by atoms with Gasteiger partial charge in [0.15, 0.2) is 0 Å². The zero-order chi connectivity index (χ0) is 14.1. The summed E-state index contributed by atoms with van der Waals surface area (Å²) in [4.78, 5) is 11.2. The molecule has 1 rings (SSSR count). The fraction of sp³-hybridized carbons (Fsp3) is 0.909. The van der Waals surface area contributed by atoms with Crippen LogP contribution in [0, 0.1) is 11.3 Å². The third kappa shape index (κ3) is 3.43. The van der Waals surface area contributed by atoms with Gasteiger partial charge in [-0.15, -0.1) is 0 Å². The summed E-state index contributed by atoms with van der Waals surface area (Å²) in [5.41, 5.74) is -0.379. The Bertz CT molecular complexity index is 417. The summed E-state index contributed by atoms with van der Waals surface area (Å²) in [6, 6.07) is -0.201. The third-order valence-electron chi connectivity index (χ3n) is 3.36. The van der Waals surface area contributed by atoms with Gasteiger partial charge in [0.2, 0.25) is 0 Å². The quantitative estimate of drug-likeness (QED) is 0.791. The van der Waals surface area contributed by atoms with Crippen LogP contribution in [0.25, 0.3) is 0 Å². The van der Waals surface area contributed by atoms with Gasteiger partial charge in [-0.2, -0.15) is 17.4 Å². The van der Waals surface area contributed by atoms with Gasteiger partial charge in [-0.1, -0.05) is 13.8 Å². The molecule has 18 heavy (non-hydrogen) atoms. The Morgan fingerprint density at radius 2 is 2.00 bits per heavy atom. The molecule has 0 radical (unpaired) electrons. The number of rotatable bonds is 4. The van der Waals surface area contributed by atoms with Crippen molar-refractivity contribution in [2.24, 2.45) is 11.3 Å². The molecule has 2 N–H and O–H groups in total. The average Bonchev–Trinajstić information content (AvgIpc) is 2.13. The molecule has 0 aromatic rings. The van der Waals surface area contributed by atoms with Gasteiger partial charge in [0, 0.05) is 19.1 Å². The van der Waals surface area contributed by atoms with E-state index in [9.17, 15) is 18.3 Å². The van der Waals surface area contributed by atoms with Gasteiger partial charge in [0.1, 0.15) is 0 Å². The van der Waals surface area contributed by atoms with E-state index in [0.29, 0.717) is 13.0 Å². The lowest BCUT2D eigenvalue weighted by Crippen LogP contribution is -2.53. The highest BCUT2D eigenvalue weighted by atomic mass is 32.2. The van der Waals surface area contributed by atoms with Gasteiger partial charge < -0.3 is 5.11 Å². The number of nitrogens with zero attached hydrogens (tertiary/aromatic N) is 1. The van der Waals surface area contributed by atoms with Crippen molar-refractivity contribution in [1.29, 1.82) is 0 Å². The first-order valence-electron chi connectivity index (χ1n) is 6.06. The molecule has 0 amide bonds. The largest absolute Gasteiger partial charge is 0.481 e. The van der Waals surface area contributed by atoms with Crippen LogP contribution in [0.4, 0.5) is 0 Å². The second kappa shape index (κ2) is 5.14. The normalized spacial score (nSPS) is 25.3. The van der Waals surface area contributed by atoms with Crippen LogP contribution >= 0.6 is 0 Å². The van der Waals surface area contributed by atoms with Gasteiger partial charge in [0.25, 0.3) is 10.2 Å². The lowest BCUT2D eigenvalue weighted by Gasteiger charge is -2.41. The highest BCUT2D eigenvalue weighted by molar-refractivity contribution is 7.87. The first-order chi connectivity index (χ1) is 8.06. The summed E-state index contributed by atoms with van der Waals surface area (Å²) in [6.45, 7) is 7.60. The SMILES string of the molecule is CC(C)NS(=O)(=O)N1CCC(C)(C)C(C(=O)O)C1. The summed E-state index contributed by atoms with van der Waals surface area (Å²) in [6.07, 6.45) is 0.545. The maximum absolute atomic E-state index is 12.0. The number of piperidine rings is 1. The minimum absolute atomic E-state index is 0.0321. The van der Waals surface area contributed by atoms with Gasteiger partial charge in [-0.3, -0.25) is 4.79 Å². The van der Waals surface area contributed by atoms with E-state index in [2.05, 4.69) is 4.72 Å². The lowest BCUT2D eigenvalue weighted by molar-refractivity contribution is -0.148. The fourth-order valence-corrected chi connectivity index (χ4v) is 3.55. The Balaban J connectivity index is 2.87. The van der Waals surface area contributed by atoms with Crippen molar-refractivity contribution in [3.05, 3.63) is 0 Å². The number of carboxylic acid groups (broad SMARTS) is 1. The predicted octanol–water partition coefficient (Wildman–Crippen LogP) is 0.662. The Morgan fingerprint density at radius 3 is 2.44 bits per heavy atom. The topological polar surface area (TPSA) is 86.7 Å². The van der Waals surface area contributed by atoms with Crippen molar-refractivity contribution in [1.82, 2.24) is 9.03 Å². The molecule has 0 spiro atoms. The van der Waals surface area contributed by atoms with Crippen molar-refractivity contribution in [2.45, 2.75) is 40.2 Å². The van der Waals surface area contributed by atoms with E-state index < -0.39 is 22.1 Å². The zero-order valence-electron chi connectivity index (χ0n) is 11.3. The molecule has 1 atom stereocenters. The first-order valence-corrected chi connectivity index (χ1v) is 7.50. The van der Waals surface area contributed by atoms with Gasteiger partial charge in [0.05, 0.1) is 5.92 Å². The molecule has 0 aromatic heterocycles. The highest BCUT2D eigenvalue weighted by Gasteiger charge is 2.43. The molecule has 0 bridgehead atoms. The number of hydrogen-bond acceptors (Lipinski definition) is 3. The van der Waals surface area contributed by atoms with Gasteiger partial charge in [-0.25, -0.2) is 0 Å². The number of carbonyl (C=O) groups is 1. The molecule has 0 aliphatic carbocycles. The molecule has 1 aliphatic rings. The van der Waals surface area contributed by atoms with E-state index in [1.165, 1.54) is 4.31 Å². The Hall–Kier alpha value is -0.660. The molecule has 0 saturated carbocycles.